The third-order valence-corrected chi connectivity index (χ3v) is 6.45. The van der Waals surface area contributed by atoms with Crippen molar-refractivity contribution in [2.24, 2.45) is 7.05 Å². The molecule has 6 heteroatoms. The summed E-state index contributed by atoms with van der Waals surface area (Å²) in [5, 5.41) is 8.23. The monoisotopic (exact) mass is 332 g/mol. The molecule has 0 radical (unpaired) electrons. The average molecular weight is 332 g/mol. The van der Waals surface area contributed by atoms with Gasteiger partial charge in [-0.25, -0.2) is 0 Å². The second-order valence-electron chi connectivity index (χ2n) is 6.66. The van der Waals surface area contributed by atoms with Gasteiger partial charge in [0.1, 0.15) is 0 Å². The van der Waals surface area contributed by atoms with Gasteiger partial charge in [-0.3, -0.25) is 9.58 Å². The largest absolute Gasteiger partial charge is 0.370 e. The molecular formula is C17H24N4OS. The third kappa shape index (κ3) is 2.84. The standard InChI is InChI=1S/C17H24N4OS/c1-3-14-10-15-16(23-14)4-9-22-17(15)5-7-21(8-6-17)12-13-11-20(2)19-18-13/h10-11H,3-9,12H2,1-2H3. The van der Waals surface area contributed by atoms with Crippen molar-refractivity contribution in [3.63, 3.8) is 0 Å². The Kier molecular flexibility index (Phi) is 3.99. The fraction of sp³-hybridized carbons (Fsp3) is 0.647. The van der Waals surface area contributed by atoms with Crippen molar-refractivity contribution >= 4 is 11.3 Å². The zero-order valence-corrected chi connectivity index (χ0v) is 14.7. The van der Waals surface area contributed by atoms with E-state index in [1.165, 1.54) is 10.4 Å². The van der Waals surface area contributed by atoms with Gasteiger partial charge < -0.3 is 4.74 Å². The van der Waals surface area contributed by atoms with Crippen LogP contribution in [0.3, 0.4) is 0 Å². The maximum Gasteiger partial charge on any atom is 0.0967 e. The topological polar surface area (TPSA) is 43.2 Å². The van der Waals surface area contributed by atoms with Crippen LogP contribution in [0.5, 0.6) is 0 Å². The van der Waals surface area contributed by atoms with E-state index in [9.17, 15) is 0 Å². The SMILES string of the molecule is CCc1cc2c(s1)CCOC21CCN(Cc2cn(C)nn2)CC1. The molecule has 4 rings (SSSR count). The number of fused-ring (bicyclic) bond motifs is 2. The molecule has 0 atom stereocenters. The number of hydrogen-bond donors (Lipinski definition) is 0. The molecule has 0 bridgehead atoms. The maximum atomic E-state index is 6.34. The maximum absolute atomic E-state index is 6.34. The van der Waals surface area contributed by atoms with E-state index in [0.29, 0.717) is 0 Å². The molecule has 0 amide bonds. The van der Waals surface area contributed by atoms with Crippen molar-refractivity contribution in [2.75, 3.05) is 19.7 Å². The number of aryl methyl sites for hydroxylation is 2. The molecule has 5 nitrogen and oxygen atoms in total. The van der Waals surface area contributed by atoms with Gasteiger partial charge in [-0.15, -0.1) is 16.4 Å². The van der Waals surface area contributed by atoms with Gasteiger partial charge in [0.25, 0.3) is 0 Å². The van der Waals surface area contributed by atoms with Crippen LogP contribution in [-0.2, 0) is 36.8 Å². The normalized spacial score (nSPS) is 20.8. The number of thiophene rings is 1. The highest BCUT2D eigenvalue weighted by Gasteiger charge is 2.41. The first kappa shape index (κ1) is 15.3. The van der Waals surface area contributed by atoms with Crippen LogP contribution in [0.4, 0.5) is 0 Å². The number of ether oxygens (including phenoxy) is 1. The van der Waals surface area contributed by atoms with Gasteiger partial charge in [-0.1, -0.05) is 12.1 Å². The zero-order chi connectivity index (χ0) is 15.9. The van der Waals surface area contributed by atoms with Crippen LogP contribution in [-0.4, -0.2) is 39.6 Å². The molecule has 0 N–H and O–H groups in total. The third-order valence-electron chi connectivity index (χ3n) is 5.11. The lowest BCUT2D eigenvalue weighted by Crippen LogP contribution is -2.45. The Balaban J connectivity index is 1.48. The fourth-order valence-electron chi connectivity index (χ4n) is 3.83. The lowest BCUT2D eigenvalue weighted by Gasteiger charge is -2.44. The summed E-state index contributed by atoms with van der Waals surface area (Å²) in [5.41, 5.74) is 2.51. The van der Waals surface area contributed by atoms with Gasteiger partial charge in [0.15, 0.2) is 0 Å². The molecule has 0 unspecified atom stereocenters. The van der Waals surface area contributed by atoms with Crippen molar-refractivity contribution in [1.82, 2.24) is 19.9 Å². The Morgan fingerprint density at radius 1 is 1.35 bits per heavy atom. The van der Waals surface area contributed by atoms with Crippen LogP contribution in [0, 0.1) is 0 Å². The highest BCUT2D eigenvalue weighted by Crippen LogP contribution is 2.44. The van der Waals surface area contributed by atoms with Gasteiger partial charge in [0.2, 0.25) is 0 Å². The second-order valence-corrected chi connectivity index (χ2v) is 7.88. The van der Waals surface area contributed by atoms with Crippen molar-refractivity contribution < 1.29 is 4.74 Å². The summed E-state index contributed by atoms with van der Waals surface area (Å²) >= 11 is 1.99. The first-order valence-corrected chi connectivity index (χ1v) is 9.34. The predicted molar refractivity (Wildman–Crippen MR) is 90.5 cm³/mol. The van der Waals surface area contributed by atoms with E-state index in [1.54, 1.807) is 9.56 Å². The van der Waals surface area contributed by atoms with Crippen LogP contribution in [0.2, 0.25) is 0 Å². The molecule has 1 fully saturated rings. The molecule has 2 aromatic heterocycles. The minimum atomic E-state index is -0.0314. The molecular weight excluding hydrogens is 308 g/mol. The highest BCUT2D eigenvalue weighted by atomic mass is 32.1. The minimum absolute atomic E-state index is 0.0314. The molecule has 4 heterocycles. The Morgan fingerprint density at radius 3 is 2.87 bits per heavy atom. The number of hydrogen-bond acceptors (Lipinski definition) is 5. The van der Waals surface area contributed by atoms with Crippen LogP contribution in [0.1, 0.15) is 40.8 Å². The molecule has 1 spiro atoms. The quantitative estimate of drug-likeness (QED) is 0.866. The van der Waals surface area contributed by atoms with Gasteiger partial charge in [0, 0.05) is 49.1 Å². The summed E-state index contributed by atoms with van der Waals surface area (Å²) in [4.78, 5) is 5.54. The Labute approximate surface area is 141 Å². The molecule has 0 aliphatic carbocycles. The predicted octanol–water partition coefficient (Wildman–Crippen LogP) is 2.50. The summed E-state index contributed by atoms with van der Waals surface area (Å²) in [5.74, 6) is 0. The first-order chi connectivity index (χ1) is 11.2. The first-order valence-electron chi connectivity index (χ1n) is 8.52. The summed E-state index contributed by atoms with van der Waals surface area (Å²) in [7, 11) is 1.92. The molecule has 23 heavy (non-hydrogen) atoms. The van der Waals surface area contributed by atoms with Crippen LogP contribution < -0.4 is 0 Å². The van der Waals surface area contributed by atoms with Crippen molar-refractivity contribution in [3.8, 4) is 0 Å². The molecule has 0 saturated carbocycles. The van der Waals surface area contributed by atoms with E-state index in [0.717, 1.165) is 57.6 Å². The van der Waals surface area contributed by atoms with E-state index in [2.05, 4.69) is 28.2 Å². The van der Waals surface area contributed by atoms with Crippen molar-refractivity contribution in [2.45, 2.75) is 44.8 Å². The fourth-order valence-corrected chi connectivity index (χ4v) is 5.01. The summed E-state index contributed by atoms with van der Waals surface area (Å²) < 4.78 is 8.11. The highest BCUT2D eigenvalue weighted by molar-refractivity contribution is 7.12. The molecule has 124 valence electrons. The number of piperidine rings is 1. The van der Waals surface area contributed by atoms with Crippen LogP contribution in [0.15, 0.2) is 12.3 Å². The van der Waals surface area contributed by atoms with Crippen LogP contribution in [0.25, 0.3) is 0 Å². The number of likely N-dealkylation sites (tertiary alicyclic amines) is 1. The van der Waals surface area contributed by atoms with E-state index >= 15 is 0 Å². The van der Waals surface area contributed by atoms with E-state index < -0.39 is 0 Å². The summed E-state index contributed by atoms with van der Waals surface area (Å²) in [6.45, 7) is 6.14. The number of aromatic nitrogens is 3. The Hall–Kier alpha value is -1.24. The minimum Gasteiger partial charge on any atom is -0.370 e. The van der Waals surface area contributed by atoms with E-state index in [4.69, 9.17) is 4.74 Å². The van der Waals surface area contributed by atoms with Gasteiger partial charge >= 0.3 is 0 Å². The molecule has 2 aromatic rings. The van der Waals surface area contributed by atoms with Crippen molar-refractivity contribution in [1.29, 1.82) is 0 Å². The van der Waals surface area contributed by atoms with Crippen LogP contribution >= 0.6 is 11.3 Å². The Morgan fingerprint density at radius 2 is 2.17 bits per heavy atom. The molecule has 2 aliphatic heterocycles. The number of rotatable bonds is 3. The smallest absolute Gasteiger partial charge is 0.0967 e. The van der Waals surface area contributed by atoms with Gasteiger partial charge in [-0.05, 0) is 30.9 Å². The molecule has 2 aliphatic rings. The zero-order valence-electron chi connectivity index (χ0n) is 13.9. The molecule has 1 saturated heterocycles. The second kappa shape index (κ2) is 6.00. The lowest BCUT2D eigenvalue weighted by atomic mass is 9.82. The van der Waals surface area contributed by atoms with E-state index in [-0.39, 0.29) is 5.60 Å². The number of nitrogens with zero attached hydrogens (tertiary/aromatic N) is 4. The molecule has 0 aromatic carbocycles. The van der Waals surface area contributed by atoms with Gasteiger partial charge in [-0.2, -0.15) is 0 Å². The van der Waals surface area contributed by atoms with E-state index in [1.807, 2.05) is 24.6 Å². The van der Waals surface area contributed by atoms with Gasteiger partial charge in [0.05, 0.1) is 17.9 Å². The van der Waals surface area contributed by atoms with Crippen molar-refractivity contribution in [3.05, 3.63) is 33.3 Å². The average Bonchev–Trinajstić information content (AvgIpc) is 3.17. The Bertz CT molecular complexity index is 685. The summed E-state index contributed by atoms with van der Waals surface area (Å²) in [6, 6.07) is 2.41. The summed E-state index contributed by atoms with van der Waals surface area (Å²) in [6.07, 6.45) is 6.39. The lowest BCUT2D eigenvalue weighted by molar-refractivity contribution is -0.0982.